The van der Waals surface area contributed by atoms with Crippen molar-refractivity contribution < 1.29 is 9.90 Å². The Kier molecular flexibility index (Phi) is 4.98. The molecule has 3 rings (SSSR count). The van der Waals surface area contributed by atoms with Crippen molar-refractivity contribution in [2.24, 2.45) is 0 Å². The van der Waals surface area contributed by atoms with E-state index in [2.05, 4.69) is 42.3 Å². The highest BCUT2D eigenvalue weighted by molar-refractivity contribution is 5.90. The third-order valence-electron chi connectivity index (χ3n) is 5.03. The summed E-state index contributed by atoms with van der Waals surface area (Å²) in [6, 6.07) is 8.09. The highest BCUT2D eigenvalue weighted by atomic mass is 16.4. The highest BCUT2D eigenvalue weighted by Gasteiger charge is 2.15. The number of pyridine rings is 1. The maximum Gasteiger partial charge on any atom is 0.337 e. The van der Waals surface area contributed by atoms with Gasteiger partial charge in [0.2, 0.25) is 0 Å². The molecule has 2 N–H and O–H groups in total. The van der Waals surface area contributed by atoms with Crippen LogP contribution in [0, 0.1) is 13.8 Å². The van der Waals surface area contributed by atoms with E-state index in [0.29, 0.717) is 6.54 Å². The van der Waals surface area contributed by atoms with Crippen molar-refractivity contribution in [2.75, 3.05) is 5.32 Å². The first-order chi connectivity index (χ1) is 12.5. The molecule has 0 bridgehead atoms. The smallest absolute Gasteiger partial charge is 0.337 e. The average Bonchev–Trinajstić information content (AvgIpc) is 2.93. The van der Waals surface area contributed by atoms with Crippen molar-refractivity contribution in [1.82, 2.24) is 9.38 Å². The lowest BCUT2D eigenvalue weighted by molar-refractivity contribution is 0.0696. The normalized spacial score (nSPS) is 11.1. The van der Waals surface area contributed by atoms with Crippen LogP contribution in [0.2, 0.25) is 0 Å². The number of nitrogens with one attached hydrogen (secondary N) is 1. The number of aryl methyl sites for hydroxylation is 4. The van der Waals surface area contributed by atoms with Gasteiger partial charge in [-0.2, -0.15) is 0 Å². The molecule has 2 heterocycles. The summed E-state index contributed by atoms with van der Waals surface area (Å²) in [5.41, 5.74) is 7.53. The summed E-state index contributed by atoms with van der Waals surface area (Å²) in [6.07, 6.45) is 3.57. The number of imidazole rings is 1. The van der Waals surface area contributed by atoms with E-state index in [9.17, 15) is 9.90 Å². The van der Waals surface area contributed by atoms with E-state index in [0.717, 1.165) is 35.6 Å². The molecule has 0 aliphatic carbocycles. The molecule has 5 heteroatoms. The third-order valence-corrected chi connectivity index (χ3v) is 5.03. The predicted molar refractivity (Wildman–Crippen MR) is 104 cm³/mol. The summed E-state index contributed by atoms with van der Waals surface area (Å²) in [5.74, 6) is -0.941. The van der Waals surface area contributed by atoms with Gasteiger partial charge in [-0.1, -0.05) is 32.0 Å². The lowest BCUT2D eigenvalue weighted by Gasteiger charge is -2.15. The third kappa shape index (κ3) is 3.17. The van der Waals surface area contributed by atoms with Crippen LogP contribution in [-0.4, -0.2) is 20.5 Å². The van der Waals surface area contributed by atoms with Gasteiger partial charge in [-0.15, -0.1) is 0 Å². The minimum absolute atomic E-state index is 0.250. The Morgan fingerprint density at radius 2 is 1.85 bits per heavy atom. The second kappa shape index (κ2) is 7.20. The molecule has 0 amide bonds. The van der Waals surface area contributed by atoms with E-state index < -0.39 is 5.97 Å². The molecule has 0 aliphatic heterocycles. The Hall–Kier alpha value is -2.82. The maximum absolute atomic E-state index is 11.5. The van der Waals surface area contributed by atoms with Crippen LogP contribution in [0.5, 0.6) is 0 Å². The Morgan fingerprint density at radius 3 is 2.42 bits per heavy atom. The van der Waals surface area contributed by atoms with Crippen LogP contribution < -0.4 is 5.32 Å². The highest BCUT2D eigenvalue weighted by Crippen LogP contribution is 2.24. The summed E-state index contributed by atoms with van der Waals surface area (Å²) in [7, 11) is 0. The minimum Gasteiger partial charge on any atom is -0.478 e. The van der Waals surface area contributed by atoms with Crippen molar-refractivity contribution in [2.45, 2.75) is 47.1 Å². The van der Waals surface area contributed by atoms with Crippen LogP contribution in [0.4, 0.5) is 5.69 Å². The molecular formula is C21H25N3O2. The Labute approximate surface area is 153 Å². The molecule has 0 radical (unpaired) electrons. The zero-order chi connectivity index (χ0) is 18.8. The molecular weight excluding hydrogens is 326 g/mol. The van der Waals surface area contributed by atoms with Gasteiger partial charge in [-0.05, 0) is 49.4 Å². The van der Waals surface area contributed by atoms with Crippen molar-refractivity contribution in [1.29, 1.82) is 0 Å². The molecule has 0 atom stereocenters. The zero-order valence-corrected chi connectivity index (χ0v) is 15.8. The number of carbonyl (C=O) groups is 1. The van der Waals surface area contributed by atoms with Crippen LogP contribution in [0.15, 0.2) is 30.5 Å². The number of benzene rings is 1. The second-order valence-electron chi connectivity index (χ2n) is 6.54. The number of carboxylic acid groups (broad SMARTS) is 1. The predicted octanol–water partition coefficient (Wildman–Crippen LogP) is 4.39. The zero-order valence-electron chi connectivity index (χ0n) is 15.8. The summed E-state index contributed by atoms with van der Waals surface area (Å²) in [6.45, 7) is 8.85. The van der Waals surface area contributed by atoms with Crippen molar-refractivity contribution in [3.63, 3.8) is 0 Å². The molecule has 3 aromatic rings. The fourth-order valence-corrected chi connectivity index (χ4v) is 3.38. The first-order valence-electron chi connectivity index (χ1n) is 9.02. The lowest BCUT2D eigenvalue weighted by atomic mass is 9.97. The molecule has 0 aliphatic rings. The first-order valence-corrected chi connectivity index (χ1v) is 9.02. The minimum atomic E-state index is -0.941. The number of hydrogen-bond acceptors (Lipinski definition) is 3. The van der Waals surface area contributed by atoms with Gasteiger partial charge < -0.3 is 14.8 Å². The molecule has 2 aromatic heterocycles. The van der Waals surface area contributed by atoms with Crippen LogP contribution in [0.25, 0.3) is 5.65 Å². The first kappa shape index (κ1) is 18.0. The van der Waals surface area contributed by atoms with E-state index in [1.165, 1.54) is 16.7 Å². The van der Waals surface area contributed by atoms with Gasteiger partial charge in [-0.3, -0.25) is 0 Å². The van der Waals surface area contributed by atoms with Gasteiger partial charge in [0.1, 0.15) is 0 Å². The largest absolute Gasteiger partial charge is 0.478 e. The van der Waals surface area contributed by atoms with E-state index in [1.807, 2.05) is 18.2 Å². The molecule has 0 spiro atoms. The van der Waals surface area contributed by atoms with Gasteiger partial charge in [0.15, 0.2) is 5.65 Å². The van der Waals surface area contributed by atoms with Crippen molar-refractivity contribution in [3.8, 4) is 0 Å². The van der Waals surface area contributed by atoms with Crippen molar-refractivity contribution in [3.05, 3.63) is 64.1 Å². The molecule has 5 nitrogen and oxygen atoms in total. The molecule has 136 valence electrons. The van der Waals surface area contributed by atoms with Gasteiger partial charge in [0, 0.05) is 18.4 Å². The Morgan fingerprint density at radius 1 is 1.19 bits per heavy atom. The van der Waals surface area contributed by atoms with E-state index in [4.69, 9.17) is 0 Å². The van der Waals surface area contributed by atoms with Gasteiger partial charge in [0.05, 0.1) is 16.9 Å². The van der Waals surface area contributed by atoms with Crippen molar-refractivity contribution >= 4 is 17.3 Å². The molecule has 0 fully saturated rings. The van der Waals surface area contributed by atoms with Crippen LogP contribution in [-0.2, 0) is 19.4 Å². The number of fused-ring (bicyclic) bond motifs is 1. The topological polar surface area (TPSA) is 66.6 Å². The lowest BCUT2D eigenvalue weighted by Crippen LogP contribution is -2.09. The summed E-state index contributed by atoms with van der Waals surface area (Å²) in [4.78, 5) is 16.1. The van der Waals surface area contributed by atoms with Gasteiger partial charge in [0.25, 0.3) is 0 Å². The monoisotopic (exact) mass is 351 g/mol. The number of rotatable bonds is 6. The van der Waals surface area contributed by atoms with E-state index >= 15 is 0 Å². The molecule has 26 heavy (non-hydrogen) atoms. The number of nitrogens with zero attached hydrogens (tertiary/aromatic N) is 2. The number of aromatic nitrogens is 2. The average molecular weight is 351 g/mol. The molecule has 0 unspecified atom stereocenters. The molecule has 0 saturated carbocycles. The molecule has 1 aromatic carbocycles. The molecule has 0 saturated heterocycles. The number of anilines is 1. The standard InChI is InChI=1S/C21H25N3O2/c1-5-15-8-7-9-16(6-2)18(15)11-22-19-10-17(21(25)26)12-24-14(4)13(3)23-20(19)24/h7-10,12,22H,5-6,11H2,1-4H3,(H,25,26). The van der Waals surface area contributed by atoms with Crippen LogP contribution >= 0.6 is 0 Å². The SMILES string of the molecule is CCc1cccc(CC)c1CNc1cc(C(=O)O)cn2c(C)c(C)nc12. The van der Waals surface area contributed by atoms with E-state index in [1.54, 1.807) is 12.3 Å². The van der Waals surface area contributed by atoms with Gasteiger partial charge in [-0.25, -0.2) is 9.78 Å². The summed E-state index contributed by atoms with van der Waals surface area (Å²) in [5, 5.41) is 12.9. The quantitative estimate of drug-likeness (QED) is 0.691. The van der Waals surface area contributed by atoms with Crippen LogP contribution in [0.3, 0.4) is 0 Å². The number of aromatic carboxylic acids is 1. The number of hydrogen-bond donors (Lipinski definition) is 2. The fourth-order valence-electron chi connectivity index (χ4n) is 3.38. The Balaban J connectivity index is 2.04. The Bertz CT molecular complexity index is 951. The van der Waals surface area contributed by atoms with Crippen LogP contribution in [0.1, 0.15) is 52.3 Å². The van der Waals surface area contributed by atoms with Gasteiger partial charge >= 0.3 is 5.97 Å². The van der Waals surface area contributed by atoms with E-state index in [-0.39, 0.29) is 5.56 Å². The second-order valence-corrected chi connectivity index (χ2v) is 6.54. The fraction of sp³-hybridized carbons (Fsp3) is 0.333. The summed E-state index contributed by atoms with van der Waals surface area (Å²) >= 11 is 0. The maximum atomic E-state index is 11.5. The summed E-state index contributed by atoms with van der Waals surface area (Å²) < 4.78 is 1.85. The number of carboxylic acids is 1.